The maximum Gasteiger partial charge on any atom is 0.408 e. The number of amides is 3. The summed E-state index contributed by atoms with van der Waals surface area (Å²) in [6, 6.07) is -2.34. The Morgan fingerprint density at radius 3 is 1.85 bits per heavy atom. The molecule has 0 radical (unpaired) electrons. The van der Waals surface area contributed by atoms with Gasteiger partial charge in [0.1, 0.15) is 41.7 Å². The van der Waals surface area contributed by atoms with Crippen molar-refractivity contribution in [2.24, 2.45) is 11.8 Å². The summed E-state index contributed by atoms with van der Waals surface area (Å²) in [6.07, 6.45) is -14.7. The Labute approximate surface area is 304 Å². The van der Waals surface area contributed by atoms with E-state index in [2.05, 4.69) is 16.0 Å². The molecule has 1 saturated carbocycles. The second-order valence-electron chi connectivity index (χ2n) is 16.0. The van der Waals surface area contributed by atoms with Gasteiger partial charge in [-0.1, -0.05) is 20.8 Å². The normalized spacial score (nSPS) is 37.8. The molecule has 3 aliphatic rings. The van der Waals surface area contributed by atoms with E-state index in [-0.39, 0.29) is 18.3 Å². The monoisotopic (exact) mass is 751 g/mol. The summed E-state index contributed by atoms with van der Waals surface area (Å²) < 4.78 is 34.7. The molecule has 2 heterocycles. The van der Waals surface area contributed by atoms with Gasteiger partial charge < -0.3 is 75.0 Å². The van der Waals surface area contributed by atoms with Gasteiger partial charge in [0.15, 0.2) is 12.6 Å². The Kier molecular flexibility index (Phi) is 15.5. The fourth-order valence-corrected chi connectivity index (χ4v) is 6.64. The van der Waals surface area contributed by atoms with Gasteiger partial charge in [0, 0.05) is 6.42 Å². The van der Waals surface area contributed by atoms with Crippen molar-refractivity contribution < 1.29 is 73.4 Å². The first-order chi connectivity index (χ1) is 24.0. The molecule has 1 aliphatic carbocycles. The lowest BCUT2D eigenvalue weighted by Crippen LogP contribution is -2.66. The lowest BCUT2D eigenvalue weighted by Gasteiger charge is -2.48. The van der Waals surface area contributed by atoms with Gasteiger partial charge in [-0.3, -0.25) is 4.79 Å². The third-order valence-corrected chi connectivity index (χ3v) is 9.12. The van der Waals surface area contributed by atoms with Crippen LogP contribution in [0, 0.1) is 11.8 Å². The quantitative estimate of drug-likeness (QED) is 0.127. The molecule has 0 bridgehead atoms. The second-order valence-corrected chi connectivity index (χ2v) is 16.0. The Balaban J connectivity index is 1.75. The van der Waals surface area contributed by atoms with Crippen LogP contribution in [0.2, 0.25) is 0 Å². The third-order valence-electron chi connectivity index (χ3n) is 9.12. The van der Waals surface area contributed by atoms with Gasteiger partial charge in [0.05, 0.1) is 49.7 Å². The maximum absolute atomic E-state index is 13.0. The highest BCUT2D eigenvalue weighted by atomic mass is 16.7. The molecule has 18 heteroatoms. The number of hydrogen-bond acceptors (Lipinski definition) is 15. The summed E-state index contributed by atoms with van der Waals surface area (Å²) in [5.41, 5.74) is -1.66. The van der Waals surface area contributed by atoms with E-state index in [1.807, 2.05) is 13.8 Å². The molecule has 2 saturated heterocycles. The van der Waals surface area contributed by atoms with Crippen LogP contribution in [0.25, 0.3) is 0 Å². The smallest absolute Gasteiger partial charge is 0.408 e. The molecule has 2 aliphatic heterocycles. The van der Waals surface area contributed by atoms with Crippen LogP contribution in [0.4, 0.5) is 9.59 Å². The number of ether oxygens (including phenoxy) is 6. The molecule has 3 rings (SSSR count). The third kappa shape index (κ3) is 12.1. The van der Waals surface area contributed by atoms with Crippen LogP contribution in [0.1, 0.15) is 81.6 Å². The molecule has 15 unspecified atom stereocenters. The highest BCUT2D eigenvalue weighted by Crippen LogP contribution is 2.37. The number of hydrogen-bond donors (Lipinski definition) is 9. The largest absolute Gasteiger partial charge is 0.444 e. The zero-order chi connectivity index (χ0) is 39.3. The summed E-state index contributed by atoms with van der Waals surface area (Å²) in [5.74, 6) is -1.48. The van der Waals surface area contributed by atoms with Crippen LogP contribution >= 0.6 is 0 Å². The van der Waals surface area contributed by atoms with Gasteiger partial charge in [-0.25, -0.2) is 9.59 Å². The fraction of sp³-hybridized carbons (Fsp3) is 0.912. The lowest BCUT2D eigenvalue weighted by molar-refractivity contribution is -0.324. The van der Waals surface area contributed by atoms with Gasteiger partial charge in [0.2, 0.25) is 0 Å². The van der Waals surface area contributed by atoms with Crippen LogP contribution in [-0.4, -0.2) is 153 Å². The van der Waals surface area contributed by atoms with Gasteiger partial charge in [-0.05, 0) is 66.2 Å². The number of rotatable bonds is 11. The molecule has 15 atom stereocenters. The molecular formula is C34H61N3O15. The minimum Gasteiger partial charge on any atom is -0.444 e. The first-order valence-electron chi connectivity index (χ1n) is 17.9. The molecule has 0 spiro atoms. The van der Waals surface area contributed by atoms with E-state index >= 15 is 0 Å². The van der Waals surface area contributed by atoms with Crippen LogP contribution in [-0.2, 0) is 33.2 Å². The number of aliphatic hydroxyl groups excluding tert-OH is 6. The minimum absolute atomic E-state index is 0.00628. The van der Waals surface area contributed by atoms with Gasteiger partial charge in [-0.15, -0.1) is 0 Å². The van der Waals surface area contributed by atoms with Crippen LogP contribution in [0.3, 0.4) is 0 Å². The summed E-state index contributed by atoms with van der Waals surface area (Å²) in [5, 5.41) is 72.2. The summed E-state index contributed by atoms with van der Waals surface area (Å²) >= 11 is 0. The number of carbonyl (C=O) groups excluding carboxylic acids is 3. The minimum atomic E-state index is -1.68. The number of nitrogens with one attached hydrogen (secondary N) is 3. The standard InChI is InChI=1S/C34H61N3O15/c1-10-20-18(39)12-17(36-28(44)19(40)13-35-31(45)51-33(4,5)6)29(47-20)49-26-15(2)11-16(3)27(25(26)43)50-30-24(42)22(23(41)21(14-38)48-30)37-32(46)52-34(7,8)9/h15-27,29-30,38-43H,10-14H2,1-9H3,(H,35,45)(H,36,44)(H,37,46). The molecular weight excluding hydrogens is 690 g/mol. The van der Waals surface area contributed by atoms with E-state index in [1.165, 1.54) is 0 Å². The maximum atomic E-state index is 13.0. The first kappa shape index (κ1) is 44.0. The summed E-state index contributed by atoms with van der Waals surface area (Å²) in [4.78, 5) is 37.5. The van der Waals surface area contributed by atoms with Crippen molar-refractivity contribution in [2.75, 3.05) is 13.2 Å². The average molecular weight is 752 g/mol. The average Bonchev–Trinajstić information content (AvgIpc) is 3.02. The van der Waals surface area contributed by atoms with Gasteiger partial charge in [-0.2, -0.15) is 0 Å². The van der Waals surface area contributed by atoms with Crippen molar-refractivity contribution >= 4 is 18.1 Å². The Morgan fingerprint density at radius 1 is 0.769 bits per heavy atom. The van der Waals surface area contributed by atoms with E-state index in [4.69, 9.17) is 28.4 Å². The van der Waals surface area contributed by atoms with E-state index in [1.54, 1.807) is 48.5 Å². The van der Waals surface area contributed by atoms with Crippen molar-refractivity contribution in [2.45, 2.75) is 172 Å². The summed E-state index contributed by atoms with van der Waals surface area (Å²) in [6.45, 7) is 14.3. The molecule has 302 valence electrons. The molecule has 0 aromatic heterocycles. The zero-order valence-corrected chi connectivity index (χ0v) is 31.6. The van der Waals surface area contributed by atoms with Gasteiger partial charge >= 0.3 is 12.2 Å². The predicted molar refractivity (Wildman–Crippen MR) is 181 cm³/mol. The highest BCUT2D eigenvalue weighted by Gasteiger charge is 2.51. The number of alkyl carbamates (subject to hydrolysis) is 2. The number of carbonyl (C=O) groups is 3. The van der Waals surface area contributed by atoms with E-state index in [0.29, 0.717) is 12.8 Å². The fourth-order valence-electron chi connectivity index (χ4n) is 6.64. The highest BCUT2D eigenvalue weighted by molar-refractivity contribution is 5.81. The van der Waals surface area contributed by atoms with Crippen molar-refractivity contribution in [1.29, 1.82) is 0 Å². The molecule has 18 nitrogen and oxygen atoms in total. The van der Waals surface area contributed by atoms with Crippen molar-refractivity contribution in [1.82, 2.24) is 16.0 Å². The topological polar surface area (TPSA) is 264 Å². The van der Waals surface area contributed by atoms with E-state index in [0.717, 1.165) is 0 Å². The van der Waals surface area contributed by atoms with Crippen LogP contribution < -0.4 is 16.0 Å². The lowest BCUT2D eigenvalue weighted by atomic mass is 9.77. The Bertz CT molecular complexity index is 1180. The second kappa shape index (κ2) is 18.3. The number of aliphatic hydroxyl groups is 6. The predicted octanol–water partition coefficient (Wildman–Crippen LogP) is -0.618. The Morgan fingerprint density at radius 2 is 1.31 bits per heavy atom. The molecule has 3 amide bonds. The molecule has 3 fully saturated rings. The SMILES string of the molecule is CCC1OC(OC2C(C)CC(C)C(OC3OC(CO)C(O)C(NC(=O)OC(C)(C)C)C3O)C2O)C(NC(=O)C(O)CNC(=O)OC(C)(C)C)CC1O. The molecule has 52 heavy (non-hydrogen) atoms. The zero-order valence-electron chi connectivity index (χ0n) is 31.6. The molecule has 9 N–H and O–H groups in total. The molecule has 0 aromatic rings. The van der Waals surface area contributed by atoms with Gasteiger partial charge in [0.25, 0.3) is 5.91 Å². The first-order valence-corrected chi connectivity index (χ1v) is 17.9. The Hall–Kier alpha value is -2.39. The van der Waals surface area contributed by atoms with E-state index < -0.39 is 122 Å². The summed E-state index contributed by atoms with van der Waals surface area (Å²) in [7, 11) is 0. The van der Waals surface area contributed by atoms with Crippen LogP contribution in [0.15, 0.2) is 0 Å². The van der Waals surface area contributed by atoms with Crippen molar-refractivity contribution in [3.63, 3.8) is 0 Å². The van der Waals surface area contributed by atoms with Crippen molar-refractivity contribution in [3.05, 3.63) is 0 Å². The van der Waals surface area contributed by atoms with Crippen LogP contribution in [0.5, 0.6) is 0 Å². The van der Waals surface area contributed by atoms with Crippen molar-refractivity contribution in [3.8, 4) is 0 Å². The van der Waals surface area contributed by atoms with E-state index in [9.17, 15) is 45.0 Å². The molecule has 0 aromatic carbocycles.